The zero-order chi connectivity index (χ0) is 15.9. The van der Waals surface area contributed by atoms with Crippen LogP contribution in [0.25, 0.3) is 0 Å². The molecule has 0 heterocycles. The number of ether oxygens (including phenoxy) is 1. The molecule has 0 saturated heterocycles. The molecule has 4 nitrogen and oxygen atoms in total. The van der Waals surface area contributed by atoms with E-state index in [1.165, 1.54) is 32.1 Å². The summed E-state index contributed by atoms with van der Waals surface area (Å²) in [6, 6.07) is 0.792. The molecule has 124 valence electrons. The molecule has 0 aromatic carbocycles. The Kier molecular flexibility index (Phi) is 7.50. The van der Waals surface area contributed by atoms with E-state index in [4.69, 9.17) is 4.74 Å². The van der Waals surface area contributed by atoms with Crippen LogP contribution in [0, 0.1) is 5.92 Å². The highest BCUT2D eigenvalue weighted by molar-refractivity contribution is 5.67. The summed E-state index contributed by atoms with van der Waals surface area (Å²) in [7, 11) is 0. The molecule has 0 aliphatic heterocycles. The molecule has 0 aromatic heterocycles. The zero-order valence-electron chi connectivity index (χ0n) is 14.5. The predicted octanol–water partition coefficient (Wildman–Crippen LogP) is 3.85. The molecule has 1 amide bonds. The fourth-order valence-electron chi connectivity index (χ4n) is 2.78. The lowest BCUT2D eigenvalue weighted by Crippen LogP contribution is -2.40. The lowest BCUT2D eigenvalue weighted by atomic mass is 10.0. The van der Waals surface area contributed by atoms with Crippen LogP contribution < -0.4 is 10.6 Å². The van der Waals surface area contributed by atoms with Crippen LogP contribution in [0.2, 0.25) is 0 Å². The van der Waals surface area contributed by atoms with Crippen LogP contribution in [0.3, 0.4) is 0 Å². The summed E-state index contributed by atoms with van der Waals surface area (Å²) in [6.07, 6.45) is 7.24. The van der Waals surface area contributed by atoms with Crippen molar-refractivity contribution in [1.82, 2.24) is 10.6 Å². The molecule has 0 spiro atoms. The molecule has 0 aromatic rings. The maximum atomic E-state index is 11.7. The highest BCUT2D eigenvalue weighted by Crippen LogP contribution is 2.22. The van der Waals surface area contributed by atoms with E-state index in [9.17, 15) is 4.79 Å². The Morgan fingerprint density at radius 3 is 2.62 bits per heavy atom. The van der Waals surface area contributed by atoms with Crippen molar-refractivity contribution in [2.75, 3.05) is 6.54 Å². The third-order valence-corrected chi connectivity index (χ3v) is 4.03. The van der Waals surface area contributed by atoms with Gasteiger partial charge in [0, 0.05) is 12.1 Å². The second-order valence-corrected chi connectivity index (χ2v) is 7.60. The smallest absolute Gasteiger partial charge is 0.407 e. The number of alkyl carbamates (subject to hydrolysis) is 1. The lowest BCUT2D eigenvalue weighted by molar-refractivity contribution is 0.0506. The quantitative estimate of drug-likeness (QED) is 0.758. The summed E-state index contributed by atoms with van der Waals surface area (Å²) >= 11 is 0. The van der Waals surface area contributed by atoms with E-state index < -0.39 is 5.60 Å². The molecule has 3 unspecified atom stereocenters. The molecule has 4 heteroatoms. The van der Waals surface area contributed by atoms with Crippen molar-refractivity contribution in [3.63, 3.8) is 0 Å². The summed E-state index contributed by atoms with van der Waals surface area (Å²) < 4.78 is 5.26. The molecule has 1 saturated carbocycles. The summed E-state index contributed by atoms with van der Waals surface area (Å²) in [5.74, 6) is 0.879. The Balaban J connectivity index is 2.15. The molecular formula is C17H34N2O2. The van der Waals surface area contributed by atoms with Crippen LogP contribution in [0.4, 0.5) is 4.79 Å². The highest BCUT2D eigenvalue weighted by atomic mass is 16.6. The first kappa shape index (κ1) is 18.3. The zero-order valence-corrected chi connectivity index (χ0v) is 14.5. The molecule has 21 heavy (non-hydrogen) atoms. The molecule has 1 aliphatic carbocycles. The van der Waals surface area contributed by atoms with Crippen LogP contribution >= 0.6 is 0 Å². The van der Waals surface area contributed by atoms with Gasteiger partial charge in [0.05, 0.1) is 0 Å². The van der Waals surface area contributed by atoms with E-state index in [0.29, 0.717) is 6.04 Å². The average molecular weight is 298 g/mol. The second kappa shape index (κ2) is 8.62. The highest BCUT2D eigenvalue weighted by Gasteiger charge is 2.18. The molecule has 0 radical (unpaired) electrons. The first-order chi connectivity index (χ1) is 9.76. The van der Waals surface area contributed by atoms with Crippen molar-refractivity contribution in [1.29, 1.82) is 0 Å². The van der Waals surface area contributed by atoms with Gasteiger partial charge in [-0.1, -0.05) is 19.8 Å². The van der Waals surface area contributed by atoms with Crippen molar-refractivity contribution < 1.29 is 9.53 Å². The third kappa shape index (κ3) is 8.97. The number of hydrogen-bond acceptors (Lipinski definition) is 3. The van der Waals surface area contributed by atoms with Crippen molar-refractivity contribution >= 4 is 6.09 Å². The number of rotatable bonds is 5. The maximum absolute atomic E-state index is 11.7. The third-order valence-electron chi connectivity index (χ3n) is 4.03. The minimum Gasteiger partial charge on any atom is -0.444 e. The maximum Gasteiger partial charge on any atom is 0.407 e. The number of carbonyl (C=O) groups is 1. The second-order valence-electron chi connectivity index (χ2n) is 7.60. The number of amides is 1. The number of hydrogen-bond donors (Lipinski definition) is 2. The van der Waals surface area contributed by atoms with E-state index in [-0.39, 0.29) is 12.1 Å². The summed E-state index contributed by atoms with van der Waals surface area (Å²) in [5.41, 5.74) is -0.431. The van der Waals surface area contributed by atoms with Gasteiger partial charge in [0.2, 0.25) is 0 Å². The molecule has 3 atom stereocenters. The molecule has 1 rings (SSSR count). The van der Waals surface area contributed by atoms with Crippen LogP contribution in [0.5, 0.6) is 0 Å². The van der Waals surface area contributed by atoms with Gasteiger partial charge in [-0.2, -0.15) is 0 Å². The van der Waals surface area contributed by atoms with Gasteiger partial charge < -0.3 is 15.4 Å². The fraction of sp³-hybridized carbons (Fsp3) is 0.941. The van der Waals surface area contributed by atoms with Crippen LogP contribution in [-0.4, -0.2) is 30.3 Å². The topological polar surface area (TPSA) is 50.4 Å². The van der Waals surface area contributed by atoms with E-state index in [0.717, 1.165) is 18.9 Å². The number of carbonyl (C=O) groups excluding carboxylic acids is 1. The standard InChI is InChI=1S/C17H34N2O2/c1-13-7-6-8-15(10-9-13)18-12-11-14(2)19-16(20)21-17(3,4)5/h13-15,18H,6-12H2,1-5H3,(H,19,20). The van der Waals surface area contributed by atoms with Gasteiger partial charge in [-0.25, -0.2) is 4.79 Å². The lowest BCUT2D eigenvalue weighted by Gasteiger charge is -2.22. The minimum atomic E-state index is -0.431. The van der Waals surface area contributed by atoms with Gasteiger partial charge in [-0.15, -0.1) is 0 Å². The van der Waals surface area contributed by atoms with Crippen LogP contribution in [-0.2, 0) is 4.74 Å². The first-order valence-electron chi connectivity index (χ1n) is 8.49. The Labute approximate surface area is 130 Å². The molecular weight excluding hydrogens is 264 g/mol. The van der Waals surface area contributed by atoms with Gasteiger partial charge in [0.15, 0.2) is 0 Å². The van der Waals surface area contributed by atoms with E-state index in [1.807, 2.05) is 27.7 Å². The Hall–Kier alpha value is -0.770. The molecule has 1 aliphatic rings. The van der Waals surface area contributed by atoms with Gasteiger partial charge in [0.25, 0.3) is 0 Å². The normalized spacial score (nSPS) is 25.0. The molecule has 1 fully saturated rings. The van der Waals surface area contributed by atoms with Gasteiger partial charge in [-0.05, 0) is 65.8 Å². The molecule has 2 N–H and O–H groups in total. The SMILES string of the molecule is CC1CCCC(NCCC(C)NC(=O)OC(C)(C)C)CC1. The Bertz CT molecular complexity index is 312. The monoisotopic (exact) mass is 298 g/mol. The van der Waals surface area contributed by atoms with Crippen LogP contribution in [0.15, 0.2) is 0 Å². The van der Waals surface area contributed by atoms with Gasteiger partial charge in [0.1, 0.15) is 5.60 Å². The molecule has 0 bridgehead atoms. The predicted molar refractivity (Wildman–Crippen MR) is 87.5 cm³/mol. The number of nitrogens with one attached hydrogen (secondary N) is 2. The largest absolute Gasteiger partial charge is 0.444 e. The first-order valence-corrected chi connectivity index (χ1v) is 8.49. The van der Waals surface area contributed by atoms with E-state index >= 15 is 0 Å². The van der Waals surface area contributed by atoms with E-state index in [2.05, 4.69) is 17.6 Å². The van der Waals surface area contributed by atoms with E-state index in [1.54, 1.807) is 0 Å². The summed E-state index contributed by atoms with van der Waals surface area (Å²) in [4.78, 5) is 11.7. The minimum absolute atomic E-state index is 0.136. The van der Waals surface area contributed by atoms with Crippen molar-refractivity contribution in [3.05, 3.63) is 0 Å². The Morgan fingerprint density at radius 2 is 1.95 bits per heavy atom. The Morgan fingerprint density at radius 1 is 1.24 bits per heavy atom. The van der Waals surface area contributed by atoms with Gasteiger partial charge in [-0.3, -0.25) is 0 Å². The fourth-order valence-corrected chi connectivity index (χ4v) is 2.78. The van der Waals surface area contributed by atoms with Crippen LogP contribution in [0.1, 0.15) is 73.1 Å². The average Bonchev–Trinajstić information content (AvgIpc) is 2.51. The van der Waals surface area contributed by atoms with Crippen molar-refractivity contribution in [2.24, 2.45) is 5.92 Å². The van der Waals surface area contributed by atoms with Crippen molar-refractivity contribution in [2.45, 2.75) is 90.8 Å². The van der Waals surface area contributed by atoms with Gasteiger partial charge >= 0.3 is 6.09 Å². The van der Waals surface area contributed by atoms with Crippen molar-refractivity contribution in [3.8, 4) is 0 Å². The summed E-state index contributed by atoms with van der Waals surface area (Å²) in [6.45, 7) is 11.0. The summed E-state index contributed by atoms with van der Waals surface area (Å²) in [5, 5.41) is 6.53.